The van der Waals surface area contributed by atoms with E-state index in [1.165, 1.54) is 12.1 Å². The number of nitrogen functional groups attached to an aromatic ring is 1. The first-order chi connectivity index (χ1) is 7.99. The number of nitrogens with two attached hydrogens (primary N) is 1. The summed E-state index contributed by atoms with van der Waals surface area (Å²) >= 11 is 0. The number of anilines is 1. The van der Waals surface area contributed by atoms with E-state index in [2.05, 4.69) is 44.7 Å². The van der Waals surface area contributed by atoms with Gasteiger partial charge in [-0.15, -0.1) is 0 Å². The molecule has 0 aliphatic rings. The summed E-state index contributed by atoms with van der Waals surface area (Å²) < 4.78 is 0. The molecule has 96 valence electrons. The fourth-order valence-electron chi connectivity index (χ4n) is 2.05. The van der Waals surface area contributed by atoms with Crippen molar-refractivity contribution in [3.8, 4) is 0 Å². The van der Waals surface area contributed by atoms with Crippen molar-refractivity contribution >= 4 is 5.69 Å². The van der Waals surface area contributed by atoms with Crippen LogP contribution in [-0.4, -0.2) is 24.0 Å². The van der Waals surface area contributed by atoms with Crippen molar-refractivity contribution in [3.05, 3.63) is 29.8 Å². The van der Waals surface area contributed by atoms with E-state index in [1.807, 2.05) is 12.1 Å². The lowest BCUT2D eigenvalue weighted by atomic mass is 10.1. The molecule has 0 aromatic heterocycles. The lowest BCUT2D eigenvalue weighted by Gasteiger charge is -2.28. The summed E-state index contributed by atoms with van der Waals surface area (Å²) in [6, 6.07) is 8.82. The maximum atomic E-state index is 5.79. The van der Waals surface area contributed by atoms with Crippen molar-refractivity contribution in [1.29, 1.82) is 0 Å². The van der Waals surface area contributed by atoms with Gasteiger partial charge in [0.1, 0.15) is 0 Å². The van der Waals surface area contributed by atoms with Crippen LogP contribution in [0.25, 0.3) is 0 Å². The van der Waals surface area contributed by atoms with E-state index >= 15 is 0 Å². The molecular formula is C15H26N2. The Kier molecular flexibility index (Phi) is 5.49. The van der Waals surface area contributed by atoms with Crippen molar-refractivity contribution in [2.75, 3.05) is 18.8 Å². The Morgan fingerprint density at radius 3 is 2.41 bits per heavy atom. The summed E-state index contributed by atoms with van der Waals surface area (Å²) in [6.07, 6.45) is 1.08. The van der Waals surface area contributed by atoms with E-state index in [1.54, 1.807) is 0 Å². The van der Waals surface area contributed by atoms with Crippen LogP contribution in [0.1, 0.15) is 33.3 Å². The van der Waals surface area contributed by atoms with Gasteiger partial charge in [-0.2, -0.15) is 0 Å². The molecule has 2 heteroatoms. The molecular weight excluding hydrogens is 208 g/mol. The summed E-state index contributed by atoms with van der Waals surface area (Å²) in [4.78, 5) is 2.54. The van der Waals surface area contributed by atoms with Crippen molar-refractivity contribution in [2.24, 2.45) is 5.92 Å². The monoisotopic (exact) mass is 234 g/mol. The van der Waals surface area contributed by atoms with Crippen LogP contribution in [0.4, 0.5) is 5.69 Å². The number of benzene rings is 1. The minimum Gasteiger partial charge on any atom is -0.399 e. The fourth-order valence-corrected chi connectivity index (χ4v) is 2.05. The Morgan fingerprint density at radius 2 is 1.88 bits per heavy atom. The first-order valence-corrected chi connectivity index (χ1v) is 6.57. The molecule has 0 aliphatic heterocycles. The summed E-state index contributed by atoms with van der Waals surface area (Å²) in [5.74, 6) is 0.721. The van der Waals surface area contributed by atoms with Crippen LogP contribution in [0.2, 0.25) is 0 Å². The average molecular weight is 234 g/mol. The molecule has 0 amide bonds. The molecule has 0 unspecified atom stereocenters. The summed E-state index contributed by atoms with van der Waals surface area (Å²) in [5, 5.41) is 0. The first-order valence-electron chi connectivity index (χ1n) is 6.57. The molecule has 2 N–H and O–H groups in total. The van der Waals surface area contributed by atoms with Gasteiger partial charge in [-0.1, -0.05) is 26.0 Å². The maximum absolute atomic E-state index is 5.79. The van der Waals surface area contributed by atoms with E-state index in [-0.39, 0.29) is 0 Å². The minimum absolute atomic E-state index is 0.610. The van der Waals surface area contributed by atoms with Gasteiger partial charge in [0.2, 0.25) is 0 Å². The Hall–Kier alpha value is -1.02. The SMILES string of the molecule is CC(C)CN(CCc1cccc(N)c1)C(C)C. The zero-order valence-electron chi connectivity index (χ0n) is 11.6. The normalized spacial score (nSPS) is 11.7. The predicted octanol–water partition coefficient (Wildman–Crippen LogP) is 3.18. The maximum Gasteiger partial charge on any atom is 0.0316 e. The Balaban J connectivity index is 2.51. The molecule has 1 rings (SSSR count). The van der Waals surface area contributed by atoms with Crippen LogP contribution in [0.3, 0.4) is 0 Å². The van der Waals surface area contributed by atoms with Gasteiger partial charge in [-0.25, -0.2) is 0 Å². The molecule has 0 saturated heterocycles. The summed E-state index contributed by atoms with van der Waals surface area (Å²) in [7, 11) is 0. The molecule has 0 bridgehead atoms. The Bertz CT molecular complexity index is 331. The van der Waals surface area contributed by atoms with E-state index in [0.717, 1.165) is 24.6 Å². The fraction of sp³-hybridized carbons (Fsp3) is 0.600. The lowest BCUT2D eigenvalue weighted by molar-refractivity contribution is 0.200. The molecule has 0 fully saturated rings. The number of rotatable bonds is 6. The van der Waals surface area contributed by atoms with Crippen molar-refractivity contribution in [3.63, 3.8) is 0 Å². The minimum atomic E-state index is 0.610. The van der Waals surface area contributed by atoms with E-state index in [4.69, 9.17) is 5.73 Å². The van der Waals surface area contributed by atoms with Gasteiger partial charge in [0.15, 0.2) is 0 Å². The van der Waals surface area contributed by atoms with Gasteiger partial charge in [-0.05, 0) is 43.9 Å². The molecule has 2 nitrogen and oxygen atoms in total. The number of hydrogen-bond donors (Lipinski definition) is 1. The van der Waals surface area contributed by atoms with Crippen LogP contribution < -0.4 is 5.73 Å². The molecule has 0 spiro atoms. The van der Waals surface area contributed by atoms with Crippen molar-refractivity contribution < 1.29 is 0 Å². The Morgan fingerprint density at radius 1 is 1.18 bits per heavy atom. The smallest absolute Gasteiger partial charge is 0.0316 e. The molecule has 0 atom stereocenters. The average Bonchev–Trinajstić information content (AvgIpc) is 2.23. The Labute approximate surface area is 106 Å². The quantitative estimate of drug-likeness (QED) is 0.766. The number of hydrogen-bond acceptors (Lipinski definition) is 2. The van der Waals surface area contributed by atoms with E-state index in [0.29, 0.717) is 6.04 Å². The van der Waals surface area contributed by atoms with Gasteiger partial charge >= 0.3 is 0 Å². The van der Waals surface area contributed by atoms with Crippen molar-refractivity contribution in [2.45, 2.75) is 40.2 Å². The third-order valence-corrected chi connectivity index (χ3v) is 2.97. The van der Waals surface area contributed by atoms with E-state index in [9.17, 15) is 0 Å². The lowest BCUT2D eigenvalue weighted by Crippen LogP contribution is -2.35. The van der Waals surface area contributed by atoms with Crippen LogP contribution in [0, 0.1) is 5.92 Å². The van der Waals surface area contributed by atoms with Gasteiger partial charge in [0.05, 0.1) is 0 Å². The van der Waals surface area contributed by atoms with Crippen LogP contribution >= 0.6 is 0 Å². The summed E-state index contributed by atoms with van der Waals surface area (Å²) in [5.41, 5.74) is 7.99. The zero-order valence-corrected chi connectivity index (χ0v) is 11.6. The van der Waals surface area contributed by atoms with Gasteiger partial charge in [0, 0.05) is 24.8 Å². The molecule has 17 heavy (non-hydrogen) atoms. The number of nitrogens with zero attached hydrogens (tertiary/aromatic N) is 1. The highest BCUT2D eigenvalue weighted by Crippen LogP contribution is 2.10. The van der Waals surface area contributed by atoms with Crippen LogP contribution in [-0.2, 0) is 6.42 Å². The van der Waals surface area contributed by atoms with Gasteiger partial charge < -0.3 is 10.6 Å². The van der Waals surface area contributed by atoms with Gasteiger partial charge in [-0.3, -0.25) is 0 Å². The standard InChI is InChI=1S/C15H26N2/c1-12(2)11-17(13(3)4)9-8-14-6-5-7-15(16)10-14/h5-7,10,12-13H,8-9,11,16H2,1-4H3. The third-order valence-electron chi connectivity index (χ3n) is 2.97. The molecule has 0 heterocycles. The van der Waals surface area contributed by atoms with Gasteiger partial charge in [0.25, 0.3) is 0 Å². The molecule has 1 aromatic carbocycles. The summed E-state index contributed by atoms with van der Waals surface area (Å²) in [6.45, 7) is 11.4. The van der Waals surface area contributed by atoms with Crippen LogP contribution in [0.5, 0.6) is 0 Å². The highest BCUT2D eigenvalue weighted by molar-refractivity contribution is 5.40. The third kappa shape index (κ3) is 5.22. The van der Waals surface area contributed by atoms with Crippen LogP contribution in [0.15, 0.2) is 24.3 Å². The molecule has 0 aliphatic carbocycles. The second kappa shape index (κ2) is 6.65. The second-order valence-electron chi connectivity index (χ2n) is 5.48. The highest BCUT2D eigenvalue weighted by Gasteiger charge is 2.10. The largest absolute Gasteiger partial charge is 0.399 e. The highest BCUT2D eigenvalue weighted by atomic mass is 15.1. The topological polar surface area (TPSA) is 29.3 Å². The predicted molar refractivity (Wildman–Crippen MR) is 76.1 cm³/mol. The van der Waals surface area contributed by atoms with E-state index < -0.39 is 0 Å². The van der Waals surface area contributed by atoms with Crippen molar-refractivity contribution in [1.82, 2.24) is 4.90 Å². The zero-order chi connectivity index (χ0) is 12.8. The molecule has 0 saturated carbocycles. The molecule has 0 radical (unpaired) electrons. The second-order valence-corrected chi connectivity index (χ2v) is 5.48. The first kappa shape index (κ1) is 14.0. The molecule has 1 aromatic rings.